The molecule has 0 spiro atoms. The van der Waals surface area contributed by atoms with E-state index < -0.39 is 19.7 Å². The summed E-state index contributed by atoms with van der Waals surface area (Å²) in [5.74, 6) is 0.939. The molecular formula is C26H24N2O5S2. The summed E-state index contributed by atoms with van der Waals surface area (Å²) in [6.07, 6.45) is 1.68. The number of pyridine rings is 1. The van der Waals surface area contributed by atoms with Crippen molar-refractivity contribution >= 4 is 25.5 Å². The Kier molecular flexibility index (Phi) is 6.90. The largest absolute Gasteiger partial charge is 0.497 e. The van der Waals surface area contributed by atoms with Gasteiger partial charge in [-0.1, -0.05) is 36.4 Å². The minimum atomic E-state index is -4.15. The molecule has 3 aromatic carbocycles. The van der Waals surface area contributed by atoms with Crippen LogP contribution in [0.4, 0.5) is 5.82 Å². The predicted molar refractivity (Wildman–Crippen MR) is 133 cm³/mol. The highest BCUT2D eigenvalue weighted by molar-refractivity contribution is 7.94. The number of nitrogens with zero attached hydrogens (tertiary/aromatic N) is 1. The molecule has 4 rings (SSSR count). The summed E-state index contributed by atoms with van der Waals surface area (Å²) >= 11 is 0. The van der Waals surface area contributed by atoms with Crippen molar-refractivity contribution in [3.05, 3.63) is 103 Å². The maximum absolute atomic E-state index is 13.6. The van der Waals surface area contributed by atoms with Crippen LogP contribution in [0.1, 0.15) is 18.5 Å². The van der Waals surface area contributed by atoms with Gasteiger partial charge in [-0.05, 0) is 61.0 Å². The number of nitrogens with one attached hydrogen (secondary N) is 1. The number of rotatable bonds is 8. The first-order chi connectivity index (χ1) is 16.7. The minimum absolute atomic E-state index is 0.00512. The number of benzene rings is 3. The van der Waals surface area contributed by atoms with Crippen molar-refractivity contribution in [2.75, 3.05) is 12.4 Å². The van der Waals surface area contributed by atoms with Gasteiger partial charge in [0.1, 0.15) is 11.6 Å². The van der Waals surface area contributed by atoms with Gasteiger partial charge in [-0.15, -0.1) is 0 Å². The van der Waals surface area contributed by atoms with Crippen molar-refractivity contribution in [3.8, 4) is 5.75 Å². The quantitative estimate of drug-likeness (QED) is 0.360. The number of anilines is 1. The Morgan fingerprint density at radius 1 is 0.743 bits per heavy atom. The van der Waals surface area contributed by atoms with Crippen molar-refractivity contribution in [2.45, 2.75) is 32.5 Å². The molecule has 9 heteroatoms. The van der Waals surface area contributed by atoms with Crippen LogP contribution in [0, 0.1) is 0 Å². The molecule has 1 aromatic heterocycles. The average molecular weight is 509 g/mol. The standard InChI is InChI=1S/C26H24N2O5S2/c1-19(28-26-10-6-7-17-27-26)20-11-14-23(15-12-20)34(29,30)24-16-13-21(33-2)18-25(24)35(31,32)22-8-4-3-5-9-22/h3-19H,1-2H3,(H,27,28). The molecule has 0 radical (unpaired) electrons. The maximum Gasteiger partial charge on any atom is 0.208 e. The Hall–Kier alpha value is -3.69. The summed E-state index contributed by atoms with van der Waals surface area (Å²) in [6.45, 7) is 1.94. The van der Waals surface area contributed by atoms with Crippen molar-refractivity contribution in [1.29, 1.82) is 0 Å². The summed E-state index contributed by atoms with van der Waals surface area (Å²) in [6, 6.07) is 23.4. The molecule has 1 unspecified atom stereocenters. The van der Waals surface area contributed by atoms with Crippen molar-refractivity contribution in [1.82, 2.24) is 4.98 Å². The zero-order chi connectivity index (χ0) is 25.1. The second-order valence-electron chi connectivity index (χ2n) is 7.78. The minimum Gasteiger partial charge on any atom is -0.497 e. The highest BCUT2D eigenvalue weighted by Gasteiger charge is 2.30. The molecule has 1 N–H and O–H groups in total. The summed E-state index contributed by atoms with van der Waals surface area (Å²) < 4.78 is 59.1. The zero-order valence-electron chi connectivity index (χ0n) is 19.1. The van der Waals surface area contributed by atoms with E-state index in [1.54, 1.807) is 36.5 Å². The van der Waals surface area contributed by atoms with Gasteiger partial charge >= 0.3 is 0 Å². The van der Waals surface area contributed by atoms with E-state index in [0.29, 0.717) is 5.82 Å². The van der Waals surface area contributed by atoms with E-state index in [1.807, 2.05) is 25.1 Å². The van der Waals surface area contributed by atoms with Gasteiger partial charge in [-0.2, -0.15) is 0 Å². The molecule has 0 aliphatic carbocycles. The summed E-state index contributed by atoms with van der Waals surface area (Å²) in [4.78, 5) is 3.57. The number of ether oxygens (including phenoxy) is 1. The number of sulfone groups is 2. The summed E-state index contributed by atoms with van der Waals surface area (Å²) in [5, 5.41) is 3.25. The van der Waals surface area contributed by atoms with E-state index >= 15 is 0 Å². The van der Waals surface area contributed by atoms with E-state index in [-0.39, 0.29) is 31.4 Å². The average Bonchev–Trinajstić information content (AvgIpc) is 2.89. The molecule has 0 amide bonds. The van der Waals surface area contributed by atoms with Crippen LogP contribution in [0.3, 0.4) is 0 Å². The SMILES string of the molecule is COc1ccc(S(=O)(=O)c2ccc(C(C)Nc3ccccn3)cc2)c(S(=O)(=O)c2ccccc2)c1. The van der Waals surface area contributed by atoms with E-state index in [9.17, 15) is 16.8 Å². The van der Waals surface area contributed by atoms with Crippen LogP contribution in [-0.2, 0) is 19.7 Å². The lowest BCUT2D eigenvalue weighted by Gasteiger charge is -2.16. The van der Waals surface area contributed by atoms with Gasteiger partial charge in [0.15, 0.2) is 0 Å². The van der Waals surface area contributed by atoms with Gasteiger partial charge in [0.05, 0.1) is 26.7 Å². The van der Waals surface area contributed by atoms with Crippen LogP contribution in [-0.4, -0.2) is 28.9 Å². The first-order valence-electron chi connectivity index (χ1n) is 10.7. The third kappa shape index (κ3) is 5.06. The van der Waals surface area contributed by atoms with Crippen LogP contribution < -0.4 is 10.1 Å². The molecule has 4 aromatic rings. The smallest absolute Gasteiger partial charge is 0.208 e. The summed E-state index contributed by atoms with van der Waals surface area (Å²) in [7, 11) is -6.89. The fourth-order valence-corrected chi connectivity index (χ4v) is 6.94. The van der Waals surface area contributed by atoms with Gasteiger partial charge < -0.3 is 10.1 Å². The normalized spacial score (nSPS) is 12.6. The molecule has 0 aliphatic rings. The second-order valence-corrected chi connectivity index (χ2v) is 11.6. The van der Waals surface area contributed by atoms with Gasteiger partial charge in [-0.3, -0.25) is 0 Å². The topological polar surface area (TPSA) is 102 Å². The van der Waals surface area contributed by atoms with Gasteiger partial charge in [0.25, 0.3) is 0 Å². The lowest BCUT2D eigenvalue weighted by molar-refractivity contribution is 0.412. The molecule has 0 bridgehead atoms. The van der Waals surface area contributed by atoms with E-state index in [0.717, 1.165) is 5.56 Å². The molecule has 35 heavy (non-hydrogen) atoms. The molecule has 0 saturated carbocycles. The van der Waals surface area contributed by atoms with Crippen LogP contribution in [0.25, 0.3) is 0 Å². The number of aromatic nitrogens is 1. The molecule has 1 atom stereocenters. The summed E-state index contributed by atoms with van der Waals surface area (Å²) in [5.41, 5.74) is 0.849. The number of hydrogen-bond acceptors (Lipinski definition) is 7. The Labute approximate surface area is 205 Å². The van der Waals surface area contributed by atoms with Crippen molar-refractivity contribution < 1.29 is 21.6 Å². The lowest BCUT2D eigenvalue weighted by Crippen LogP contribution is -2.12. The fraction of sp³-hybridized carbons (Fsp3) is 0.115. The van der Waals surface area contributed by atoms with E-state index in [4.69, 9.17) is 4.74 Å². The van der Waals surface area contributed by atoms with Crippen LogP contribution >= 0.6 is 0 Å². The van der Waals surface area contributed by atoms with Crippen molar-refractivity contribution in [2.24, 2.45) is 0 Å². The van der Waals surface area contributed by atoms with Crippen LogP contribution in [0.2, 0.25) is 0 Å². The molecule has 0 aliphatic heterocycles. The lowest BCUT2D eigenvalue weighted by atomic mass is 10.1. The third-order valence-corrected chi connectivity index (χ3v) is 9.27. The van der Waals surface area contributed by atoms with Crippen LogP contribution in [0.15, 0.2) is 117 Å². The van der Waals surface area contributed by atoms with E-state index in [2.05, 4.69) is 10.3 Å². The predicted octanol–water partition coefficient (Wildman–Crippen LogP) is 4.93. The molecular weight excluding hydrogens is 484 g/mol. The second kappa shape index (κ2) is 9.89. The maximum atomic E-state index is 13.6. The highest BCUT2D eigenvalue weighted by Crippen LogP contribution is 2.34. The van der Waals surface area contributed by atoms with Gasteiger partial charge in [0.2, 0.25) is 19.7 Å². The highest BCUT2D eigenvalue weighted by atomic mass is 32.2. The zero-order valence-corrected chi connectivity index (χ0v) is 20.8. The first kappa shape index (κ1) is 24.4. The van der Waals surface area contributed by atoms with Gasteiger partial charge in [-0.25, -0.2) is 21.8 Å². The third-order valence-electron chi connectivity index (χ3n) is 5.50. The fourth-order valence-electron chi connectivity index (χ4n) is 3.59. The molecule has 0 fully saturated rings. The Bertz CT molecular complexity index is 1520. The van der Waals surface area contributed by atoms with Gasteiger partial charge in [0, 0.05) is 18.3 Å². The molecule has 180 valence electrons. The molecule has 7 nitrogen and oxygen atoms in total. The molecule has 1 heterocycles. The van der Waals surface area contributed by atoms with E-state index in [1.165, 1.54) is 49.6 Å². The van der Waals surface area contributed by atoms with Crippen LogP contribution in [0.5, 0.6) is 5.75 Å². The Morgan fingerprint density at radius 3 is 2.00 bits per heavy atom. The molecule has 0 saturated heterocycles. The monoisotopic (exact) mass is 508 g/mol. The Morgan fingerprint density at radius 2 is 1.37 bits per heavy atom. The first-order valence-corrected chi connectivity index (χ1v) is 13.7. The number of hydrogen-bond donors (Lipinski definition) is 1. The Balaban J connectivity index is 1.72. The van der Waals surface area contributed by atoms with Crippen molar-refractivity contribution in [3.63, 3.8) is 0 Å². The number of methoxy groups -OCH3 is 1.